The fraction of sp³-hybridized carbons (Fsp3) is 0.500. The second-order valence-corrected chi connectivity index (χ2v) is 7.63. The van der Waals surface area contributed by atoms with Crippen LogP contribution in [0.2, 0.25) is 0 Å². The summed E-state index contributed by atoms with van der Waals surface area (Å²) in [7, 11) is -3.51. The van der Waals surface area contributed by atoms with Crippen molar-refractivity contribution in [1.29, 1.82) is 0 Å². The first-order chi connectivity index (χ1) is 9.06. The van der Waals surface area contributed by atoms with Crippen LogP contribution in [0.25, 0.3) is 0 Å². The van der Waals surface area contributed by atoms with Crippen molar-refractivity contribution in [1.82, 2.24) is 4.83 Å². The summed E-state index contributed by atoms with van der Waals surface area (Å²) in [6.45, 7) is 1.93. The van der Waals surface area contributed by atoms with E-state index in [2.05, 4.69) is 9.93 Å². The molecule has 4 nitrogen and oxygen atoms in total. The molecule has 4 aliphatic rings. The van der Waals surface area contributed by atoms with E-state index in [0.717, 1.165) is 23.1 Å². The normalized spacial score (nSPS) is 36.8. The molecule has 19 heavy (non-hydrogen) atoms. The number of hydrazone groups is 1. The molecule has 0 heterocycles. The molecule has 0 radical (unpaired) electrons. The second-order valence-electron chi connectivity index (χ2n) is 5.97. The zero-order valence-electron chi connectivity index (χ0n) is 10.7. The Morgan fingerprint density at radius 3 is 2.32 bits per heavy atom. The average Bonchev–Trinajstić information content (AvgIpc) is 2.76. The molecule has 4 saturated carbocycles. The van der Waals surface area contributed by atoms with Crippen LogP contribution in [0.3, 0.4) is 0 Å². The molecule has 0 saturated heterocycles. The van der Waals surface area contributed by atoms with Gasteiger partial charge in [-0.2, -0.15) is 13.5 Å². The fourth-order valence-corrected chi connectivity index (χ4v) is 4.67. The predicted octanol–water partition coefficient (Wildman–Crippen LogP) is 1.92. The van der Waals surface area contributed by atoms with Gasteiger partial charge in [0.1, 0.15) is 0 Å². The number of rotatable bonds is 3. The van der Waals surface area contributed by atoms with Gasteiger partial charge in [0.05, 0.1) is 4.90 Å². The van der Waals surface area contributed by atoms with E-state index < -0.39 is 10.0 Å². The standard InChI is InChI=1S/C14H16N2O2S/c1-8-2-4-10(5-3-8)19(17,18)16-15-14-9-6-11-12(7-9)13(11)14/h2-5,9,11-13,16H,6-7H2,1H3/b15-14-. The molecule has 0 spiro atoms. The Morgan fingerprint density at radius 2 is 1.79 bits per heavy atom. The lowest BCUT2D eigenvalue weighted by atomic mass is 10.1. The first kappa shape index (κ1) is 11.5. The first-order valence-electron chi connectivity index (χ1n) is 6.72. The minimum Gasteiger partial charge on any atom is -0.200 e. The molecule has 0 aliphatic heterocycles. The molecule has 0 amide bonds. The summed E-state index contributed by atoms with van der Waals surface area (Å²) >= 11 is 0. The summed E-state index contributed by atoms with van der Waals surface area (Å²) in [5.74, 6) is 2.76. The molecule has 2 unspecified atom stereocenters. The van der Waals surface area contributed by atoms with Gasteiger partial charge in [-0.05, 0) is 49.7 Å². The molecule has 5 rings (SSSR count). The molecule has 1 aromatic rings. The molecule has 1 aromatic carbocycles. The lowest BCUT2D eigenvalue weighted by Crippen LogP contribution is -2.21. The molecule has 0 aromatic heterocycles. The van der Waals surface area contributed by atoms with Gasteiger partial charge in [0.2, 0.25) is 0 Å². The lowest BCUT2D eigenvalue weighted by molar-refractivity contribution is 0.584. The van der Waals surface area contributed by atoms with E-state index in [-0.39, 0.29) is 4.90 Å². The average molecular weight is 276 g/mol. The van der Waals surface area contributed by atoms with E-state index in [1.807, 2.05) is 6.92 Å². The topological polar surface area (TPSA) is 58.5 Å². The highest BCUT2D eigenvalue weighted by atomic mass is 32.2. The van der Waals surface area contributed by atoms with Gasteiger partial charge in [-0.15, -0.1) is 0 Å². The van der Waals surface area contributed by atoms with Crippen molar-refractivity contribution in [2.75, 3.05) is 0 Å². The maximum atomic E-state index is 12.1. The summed E-state index contributed by atoms with van der Waals surface area (Å²) < 4.78 is 24.2. The van der Waals surface area contributed by atoms with E-state index in [1.165, 1.54) is 12.8 Å². The minimum atomic E-state index is -3.51. The van der Waals surface area contributed by atoms with Gasteiger partial charge >= 0.3 is 0 Å². The number of benzene rings is 1. The Bertz CT molecular complexity index is 647. The van der Waals surface area contributed by atoms with Gasteiger partial charge in [-0.3, -0.25) is 0 Å². The van der Waals surface area contributed by atoms with Crippen molar-refractivity contribution >= 4 is 15.7 Å². The predicted molar refractivity (Wildman–Crippen MR) is 72.1 cm³/mol. The Kier molecular flexibility index (Phi) is 2.17. The van der Waals surface area contributed by atoms with Crippen molar-refractivity contribution in [3.63, 3.8) is 0 Å². The zero-order chi connectivity index (χ0) is 13.2. The minimum absolute atomic E-state index is 0.278. The van der Waals surface area contributed by atoms with Crippen LogP contribution in [-0.2, 0) is 10.0 Å². The summed E-state index contributed by atoms with van der Waals surface area (Å²) in [6.07, 6.45) is 2.45. The van der Waals surface area contributed by atoms with Crippen LogP contribution in [0.15, 0.2) is 34.3 Å². The zero-order valence-corrected chi connectivity index (χ0v) is 11.5. The number of nitrogens with one attached hydrogen (secondary N) is 1. The van der Waals surface area contributed by atoms with Crippen LogP contribution < -0.4 is 4.83 Å². The van der Waals surface area contributed by atoms with E-state index in [4.69, 9.17) is 0 Å². The highest BCUT2D eigenvalue weighted by molar-refractivity contribution is 7.89. The maximum Gasteiger partial charge on any atom is 0.276 e. The monoisotopic (exact) mass is 276 g/mol. The summed E-state index contributed by atoms with van der Waals surface area (Å²) in [5, 5.41) is 4.22. The number of hydrogen-bond acceptors (Lipinski definition) is 3. The quantitative estimate of drug-likeness (QED) is 0.857. The highest BCUT2D eigenvalue weighted by Crippen LogP contribution is 2.68. The van der Waals surface area contributed by atoms with Crippen LogP contribution in [0.4, 0.5) is 0 Å². The third-order valence-corrected chi connectivity index (χ3v) is 6.06. The Hall–Kier alpha value is -1.36. The molecular weight excluding hydrogens is 260 g/mol. The van der Waals surface area contributed by atoms with E-state index in [1.54, 1.807) is 24.3 Å². The van der Waals surface area contributed by atoms with Crippen molar-refractivity contribution in [2.45, 2.75) is 24.7 Å². The first-order valence-corrected chi connectivity index (χ1v) is 8.20. The smallest absolute Gasteiger partial charge is 0.200 e. The number of hydrogen-bond donors (Lipinski definition) is 1. The van der Waals surface area contributed by atoms with Crippen LogP contribution >= 0.6 is 0 Å². The SMILES string of the molecule is Cc1ccc(S(=O)(=O)N/N=C2/C3CC4C(C3)C24)cc1. The Balaban J connectivity index is 1.56. The molecule has 5 heteroatoms. The van der Waals surface area contributed by atoms with Crippen molar-refractivity contribution in [3.05, 3.63) is 29.8 Å². The van der Waals surface area contributed by atoms with E-state index in [0.29, 0.717) is 11.8 Å². The molecule has 4 fully saturated rings. The van der Waals surface area contributed by atoms with Crippen molar-refractivity contribution in [3.8, 4) is 0 Å². The summed E-state index contributed by atoms with van der Waals surface area (Å²) in [6, 6.07) is 6.83. The number of sulfonamides is 1. The van der Waals surface area contributed by atoms with Crippen LogP contribution in [0.1, 0.15) is 18.4 Å². The summed E-state index contributed by atoms with van der Waals surface area (Å²) in [5.41, 5.74) is 2.15. The molecule has 4 aliphatic carbocycles. The van der Waals surface area contributed by atoms with Crippen LogP contribution in [-0.4, -0.2) is 14.1 Å². The lowest BCUT2D eigenvalue weighted by Gasteiger charge is -2.06. The van der Waals surface area contributed by atoms with Gasteiger partial charge in [0.25, 0.3) is 10.0 Å². The third-order valence-electron chi connectivity index (χ3n) is 4.83. The van der Waals surface area contributed by atoms with Gasteiger partial charge in [0.15, 0.2) is 0 Å². The molecule has 100 valence electrons. The number of nitrogens with zero attached hydrogens (tertiary/aromatic N) is 1. The largest absolute Gasteiger partial charge is 0.276 e. The molecule has 4 bridgehead atoms. The summed E-state index contributed by atoms with van der Waals surface area (Å²) in [4.78, 5) is 2.69. The Labute approximate surface area is 113 Å². The van der Waals surface area contributed by atoms with E-state index >= 15 is 0 Å². The van der Waals surface area contributed by atoms with Crippen LogP contribution in [0, 0.1) is 30.6 Å². The number of aryl methyl sites for hydroxylation is 1. The molecular formula is C14H16N2O2S. The molecule has 2 atom stereocenters. The van der Waals surface area contributed by atoms with Crippen molar-refractivity contribution < 1.29 is 8.42 Å². The maximum absolute atomic E-state index is 12.1. The third kappa shape index (κ3) is 1.64. The second kappa shape index (κ2) is 3.60. The van der Waals surface area contributed by atoms with Gasteiger partial charge in [-0.25, -0.2) is 4.83 Å². The Morgan fingerprint density at radius 1 is 1.16 bits per heavy atom. The highest BCUT2D eigenvalue weighted by Gasteiger charge is 2.67. The fourth-order valence-electron chi connectivity index (χ4n) is 3.84. The van der Waals surface area contributed by atoms with Crippen molar-refractivity contribution in [2.24, 2.45) is 28.8 Å². The van der Waals surface area contributed by atoms with E-state index in [9.17, 15) is 8.42 Å². The van der Waals surface area contributed by atoms with Crippen LogP contribution in [0.5, 0.6) is 0 Å². The van der Waals surface area contributed by atoms with Gasteiger partial charge in [0, 0.05) is 11.6 Å². The van der Waals surface area contributed by atoms with Gasteiger partial charge in [-0.1, -0.05) is 17.7 Å². The molecule has 1 N–H and O–H groups in total. The van der Waals surface area contributed by atoms with Gasteiger partial charge < -0.3 is 0 Å².